The summed E-state index contributed by atoms with van der Waals surface area (Å²) in [5, 5.41) is 16.3. The molecule has 0 aromatic heterocycles. The number of nitrogens with zero attached hydrogens (tertiary/aromatic N) is 2. The van der Waals surface area contributed by atoms with Crippen molar-refractivity contribution < 1.29 is 14.5 Å². The molecular formula is C22H23N3O4. The van der Waals surface area contributed by atoms with Crippen LogP contribution in [0.25, 0.3) is 10.8 Å². The Labute approximate surface area is 169 Å². The molecule has 0 fully saturated rings. The Morgan fingerprint density at radius 2 is 1.86 bits per heavy atom. The van der Waals surface area contributed by atoms with Crippen LogP contribution in [0.2, 0.25) is 0 Å². The molecule has 1 amide bonds. The summed E-state index contributed by atoms with van der Waals surface area (Å²) < 4.78 is 5.08. The van der Waals surface area contributed by atoms with Gasteiger partial charge in [-0.2, -0.15) is 0 Å². The summed E-state index contributed by atoms with van der Waals surface area (Å²) >= 11 is 0. The minimum Gasteiger partial charge on any atom is -0.490 e. The van der Waals surface area contributed by atoms with Gasteiger partial charge in [0.15, 0.2) is 5.75 Å². The Kier molecular flexibility index (Phi) is 6.09. The fourth-order valence-electron chi connectivity index (χ4n) is 3.25. The molecule has 0 saturated carbocycles. The summed E-state index contributed by atoms with van der Waals surface area (Å²) in [6.07, 6.45) is 0. The number of aryl methyl sites for hydroxylation is 1. The number of anilines is 1. The second-order valence-electron chi connectivity index (χ2n) is 7.00. The van der Waals surface area contributed by atoms with E-state index in [2.05, 4.69) is 35.6 Å². The van der Waals surface area contributed by atoms with E-state index in [4.69, 9.17) is 4.74 Å². The molecule has 0 spiro atoms. The average Bonchev–Trinajstić information content (AvgIpc) is 2.68. The fourth-order valence-corrected chi connectivity index (χ4v) is 3.25. The average molecular weight is 393 g/mol. The Morgan fingerprint density at radius 3 is 2.55 bits per heavy atom. The number of fused-ring (bicyclic) bond motifs is 1. The predicted octanol–water partition coefficient (Wildman–Crippen LogP) is 4.14. The lowest BCUT2D eigenvalue weighted by Crippen LogP contribution is -2.30. The van der Waals surface area contributed by atoms with E-state index in [9.17, 15) is 14.9 Å². The summed E-state index contributed by atoms with van der Waals surface area (Å²) in [6.45, 7) is 2.52. The number of nitrogens with one attached hydrogen (secondary N) is 1. The highest BCUT2D eigenvalue weighted by Gasteiger charge is 2.18. The van der Waals surface area contributed by atoms with E-state index in [1.165, 1.54) is 24.6 Å². The zero-order valence-electron chi connectivity index (χ0n) is 16.6. The monoisotopic (exact) mass is 393 g/mol. The van der Waals surface area contributed by atoms with Gasteiger partial charge >= 0.3 is 5.69 Å². The summed E-state index contributed by atoms with van der Waals surface area (Å²) in [7, 11) is 3.23. The number of ether oxygens (including phenoxy) is 1. The zero-order valence-corrected chi connectivity index (χ0v) is 16.6. The lowest BCUT2D eigenvalue weighted by atomic mass is 10.1. The van der Waals surface area contributed by atoms with E-state index in [1.807, 2.05) is 24.1 Å². The van der Waals surface area contributed by atoms with Crippen molar-refractivity contribution in [2.24, 2.45) is 0 Å². The number of rotatable bonds is 7. The first-order chi connectivity index (χ1) is 13.9. The molecule has 3 aromatic rings. The van der Waals surface area contributed by atoms with Crippen LogP contribution in [0.4, 0.5) is 11.4 Å². The van der Waals surface area contributed by atoms with E-state index in [1.54, 1.807) is 6.92 Å². The lowest BCUT2D eigenvalue weighted by Gasteiger charge is -2.17. The minimum atomic E-state index is -0.505. The zero-order chi connectivity index (χ0) is 21.0. The van der Waals surface area contributed by atoms with E-state index in [0.29, 0.717) is 17.8 Å². The third kappa shape index (κ3) is 4.89. The number of carbonyl (C=O) groups excluding carboxylic acids is 1. The second kappa shape index (κ2) is 8.70. The van der Waals surface area contributed by atoms with Gasteiger partial charge in [-0.15, -0.1) is 0 Å². The highest BCUT2D eigenvalue weighted by molar-refractivity contribution is 5.93. The molecule has 0 bridgehead atoms. The number of methoxy groups -OCH3 is 1. The minimum absolute atomic E-state index is 0.111. The number of amides is 1. The van der Waals surface area contributed by atoms with E-state index < -0.39 is 4.92 Å². The molecule has 150 valence electrons. The van der Waals surface area contributed by atoms with Gasteiger partial charge in [0.1, 0.15) is 0 Å². The smallest absolute Gasteiger partial charge is 0.311 e. The number of likely N-dealkylation sites (N-methyl/N-ethyl adjacent to an activating group) is 1. The van der Waals surface area contributed by atoms with Crippen LogP contribution >= 0.6 is 0 Å². The highest BCUT2D eigenvalue weighted by atomic mass is 16.6. The number of hydrogen-bond acceptors (Lipinski definition) is 5. The summed E-state index contributed by atoms with van der Waals surface area (Å²) in [5.74, 6) is -0.0901. The van der Waals surface area contributed by atoms with Gasteiger partial charge in [-0.1, -0.05) is 36.4 Å². The lowest BCUT2D eigenvalue weighted by molar-refractivity contribution is -0.385. The molecule has 0 aliphatic heterocycles. The van der Waals surface area contributed by atoms with Gasteiger partial charge < -0.3 is 10.1 Å². The van der Waals surface area contributed by atoms with Gasteiger partial charge in [0.2, 0.25) is 5.91 Å². The standard InChI is InChI=1S/C22H23N3O4/c1-15-10-20(25(27)28)21(29-3)12-19(15)23-22(26)14-24(2)13-16-8-9-17-6-4-5-7-18(17)11-16/h4-12H,13-14H2,1-3H3,(H,23,26). The predicted molar refractivity (Wildman–Crippen MR) is 113 cm³/mol. The Hall–Kier alpha value is -3.45. The van der Waals surface area contributed by atoms with Gasteiger partial charge in [0, 0.05) is 24.4 Å². The summed E-state index contributed by atoms with van der Waals surface area (Å²) in [4.78, 5) is 25.0. The van der Waals surface area contributed by atoms with Crippen molar-refractivity contribution in [3.05, 3.63) is 75.8 Å². The summed E-state index contributed by atoms with van der Waals surface area (Å²) in [6, 6.07) is 17.3. The SMILES string of the molecule is COc1cc(NC(=O)CN(C)Cc2ccc3ccccc3c2)c(C)cc1[N+](=O)[O-]. The van der Waals surface area contributed by atoms with Crippen LogP contribution in [0.5, 0.6) is 5.75 Å². The largest absolute Gasteiger partial charge is 0.490 e. The van der Waals surface area contributed by atoms with E-state index >= 15 is 0 Å². The van der Waals surface area contributed by atoms with Gasteiger partial charge in [-0.3, -0.25) is 19.8 Å². The van der Waals surface area contributed by atoms with Gasteiger partial charge in [0.25, 0.3) is 0 Å². The van der Waals surface area contributed by atoms with Crippen molar-refractivity contribution in [1.29, 1.82) is 0 Å². The van der Waals surface area contributed by atoms with E-state index in [0.717, 1.165) is 10.9 Å². The number of carbonyl (C=O) groups is 1. The quantitative estimate of drug-likeness (QED) is 0.482. The van der Waals surface area contributed by atoms with Crippen molar-refractivity contribution in [2.45, 2.75) is 13.5 Å². The number of benzene rings is 3. The molecule has 7 heteroatoms. The maximum atomic E-state index is 12.5. The second-order valence-corrected chi connectivity index (χ2v) is 7.00. The van der Waals surface area contributed by atoms with Crippen molar-refractivity contribution in [3.63, 3.8) is 0 Å². The number of nitro groups is 1. The van der Waals surface area contributed by atoms with Crippen LogP contribution in [0.15, 0.2) is 54.6 Å². The highest BCUT2D eigenvalue weighted by Crippen LogP contribution is 2.32. The summed E-state index contributed by atoms with van der Waals surface area (Å²) in [5.41, 5.74) is 2.09. The number of nitro benzene ring substituents is 1. The van der Waals surface area contributed by atoms with Crippen LogP contribution < -0.4 is 10.1 Å². The maximum Gasteiger partial charge on any atom is 0.311 e. The van der Waals surface area contributed by atoms with Crippen molar-refractivity contribution in [2.75, 3.05) is 26.0 Å². The molecule has 3 rings (SSSR count). The van der Waals surface area contributed by atoms with Crippen LogP contribution in [-0.4, -0.2) is 36.4 Å². The van der Waals surface area contributed by atoms with Crippen LogP contribution in [-0.2, 0) is 11.3 Å². The molecule has 0 aliphatic rings. The van der Waals surface area contributed by atoms with Crippen molar-refractivity contribution in [1.82, 2.24) is 4.90 Å². The van der Waals surface area contributed by atoms with Crippen LogP contribution in [0.1, 0.15) is 11.1 Å². The molecule has 3 aromatic carbocycles. The Bertz CT molecular complexity index is 1070. The Balaban J connectivity index is 1.66. The van der Waals surface area contributed by atoms with Crippen molar-refractivity contribution in [3.8, 4) is 5.75 Å². The number of hydrogen-bond donors (Lipinski definition) is 1. The van der Waals surface area contributed by atoms with Crippen LogP contribution in [0, 0.1) is 17.0 Å². The van der Waals surface area contributed by atoms with Gasteiger partial charge in [-0.25, -0.2) is 0 Å². The molecule has 0 saturated heterocycles. The topological polar surface area (TPSA) is 84.7 Å². The molecule has 7 nitrogen and oxygen atoms in total. The molecule has 0 radical (unpaired) electrons. The third-order valence-corrected chi connectivity index (χ3v) is 4.68. The third-order valence-electron chi connectivity index (χ3n) is 4.68. The first kappa shape index (κ1) is 20.3. The molecule has 0 heterocycles. The van der Waals surface area contributed by atoms with E-state index in [-0.39, 0.29) is 23.9 Å². The maximum absolute atomic E-state index is 12.5. The van der Waals surface area contributed by atoms with Gasteiger partial charge in [-0.05, 0) is 41.9 Å². The molecule has 0 unspecified atom stereocenters. The van der Waals surface area contributed by atoms with Gasteiger partial charge in [0.05, 0.1) is 18.6 Å². The first-order valence-corrected chi connectivity index (χ1v) is 9.16. The van der Waals surface area contributed by atoms with Crippen LogP contribution in [0.3, 0.4) is 0 Å². The molecule has 0 atom stereocenters. The normalized spacial score (nSPS) is 10.9. The molecule has 0 aliphatic carbocycles. The van der Waals surface area contributed by atoms with Crippen molar-refractivity contribution >= 4 is 28.1 Å². The fraction of sp³-hybridized carbons (Fsp3) is 0.227. The molecule has 29 heavy (non-hydrogen) atoms. The molecular weight excluding hydrogens is 370 g/mol. The first-order valence-electron chi connectivity index (χ1n) is 9.16. The molecule has 1 N–H and O–H groups in total. The Morgan fingerprint density at radius 1 is 1.14 bits per heavy atom.